The predicted octanol–water partition coefficient (Wildman–Crippen LogP) is 3.55. The second-order valence-corrected chi connectivity index (χ2v) is 5.38. The number of aromatic nitrogens is 2. The molecule has 2 rings (SSSR count). The largest absolute Gasteiger partial charge is 0.299 e. The van der Waals surface area contributed by atoms with Gasteiger partial charge in [-0.3, -0.25) is 9.48 Å². The van der Waals surface area contributed by atoms with Crippen molar-refractivity contribution in [3.8, 4) is 0 Å². The maximum atomic E-state index is 12.1. The van der Waals surface area contributed by atoms with Crippen LogP contribution in [0.3, 0.4) is 0 Å². The van der Waals surface area contributed by atoms with E-state index in [1.807, 2.05) is 16.9 Å². The van der Waals surface area contributed by atoms with Crippen LogP contribution in [0.5, 0.6) is 0 Å². The van der Waals surface area contributed by atoms with Gasteiger partial charge < -0.3 is 0 Å². The molecule has 1 fully saturated rings. The number of carbonyl (C=O) groups excluding carboxylic acids is 1. The van der Waals surface area contributed by atoms with Crippen molar-refractivity contribution in [3.63, 3.8) is 0 Å². The van der Waals surface area contributed by atoms with Crippen LogP contribution >= 0.6 is 0 Å². The Kier molecular flexibility index (Phi) is 4.56. The molecule has 1 aromatic heterocycles. The Hall–Kier alpha value is -1.12. The molecule has 0 atom stereocenters. The fourth-order valence-corrected chi connectivity index (χ4v) is 2.91. The summed E-state index contributed by atoms with van der Waals surface area (Å²) in [6.07, 6.45) is 9.35. The van der Waals surface area contributed by atoms with Gasteiger partial charge in [0.15, 0.2) is 0 Å². The minimum atomic E-state index is 0.309. The molecule has 0 saturated heterocycles. The average Bonchev–Trinajstić information content (AvgIpc) is 3.01. The Balaban J connectivity index is 1.95. The van der Waals surface area contributed by atoms with Crippen LogP contribution in [0.15, 0.2) is 12.3 Å². The number of rotatable bonds is 6. The van der Waals surface area contributed by atoms with Crippen molar-refractivity contribution in [3.05, 3.63) is 18.0 Å². The van der Waals surface area contributed by atoms with Crippen LogP contribution in [-0.2, 0) is 11.2 Å². The van der Waals surface area contributed by atoms with Gasteiger partial charge in [0.1, 0.15) is 5.78 Å². The molecule has 0 spiro atoms. The smallest absolute Gasteiger partial charge is 0.141 e. The van der Waals surface area contributed by atoms with Crippen molar-refractivity contribution in [1.29, 1.82) is 0 Å². The molecule has 3 nitrogen and oxygen atoms in total. The van der Waals surface area contributed by atoms with E-state index in [0.717, 1.165) is 31.4 Å². The summed E-state index contributed by atoms with van der Waals surface area (Å²) in [7, 11) is 0. The molecule has 100 valence electrons. The van der Waals surface area contributed by atoms with E-state index in [0.29, 0.717) is 24.2 Å². The van der Waals surface area contributed by atoms with Gasteiger partial charge in [-0.15, -0.1) is 0 Å². The van der Waals surface area contributed by atoms with Gasteiger partial charge in [-0.2, -0.15) is 5.10 Å². The highest BCUT2D eigenvalue weighted by Gasteiger charge is 2.23. The van der Waals surface area contributed by atoms with Crippen LogP contribution in [-0.4, -0.2) is 15.6 Å². The van der Waals surface area contributed by atoms with E-state index >= 15 is 0 Å². The van der Waals surface area contributed by atoms with Gasteiger partial charge in [0.2, 0.25) is 0 Å². The summed E-state index contributed by atoms with van der Waals surface area (Å²) in [6, 6.07) is 2.48. The van der Waals surface area contributed by atoms with Gasteiger partial charge >= 0.3 is 0 Å². The first-order chi connectivity index (χ1) is 8.74. The highest BCUT2D eigenvalue weighted by atomic mass is 16.1. The van der Waals surface area contributed by atoms with Crippen LogP contribution in [0.1, 0.15) is 64.1 Å². The Bertz CT molecular complexity index is 387. The van der Waals surface area contributed by atoms with E-state index in [1.165, 1.54) is 12.8 Å². The molecule has 1 aromatic rings. The van der Waals surface area contributed by atoms with Crippen molar-refractivity contribution >= 4 is 5.78 Å². The summed E-state index contributed by atoms with van der Waals surface area (Å²) in [4.78, 5) is 12.1. The fraction of sp³-hybridized carbons (Fsp3) is 0.733. The molecular weight excluding hydrogens is 224 g/mol. The Labute approximate surface area is 110 Å². The zero-order valence-corrected chi connectivity index (χ0v) is 11.6. The van der Waals surface area contributed by atoms with Crippen molar-refractivity contribution in [2.24, 2.45) is 5.92 Å². The standard InChI is InChI=1S/C15H24N2O/c1-3-14(4-2)17-10-9-13(16-17)11-15(18)12-7-5-6-8-12/h9-10,12,14H,3-8,11H2,1-2H3. The zero-order valence-electron chi connectivity index (χ0n) is 11.6. The third-order valence-corrected chi connectivity index (χ3v) is 4.15. The lowest BCUT2D eigenvalue weighted by atomic mass is 9.99. The van der Waals surface area contributed by atoms with Crippen LogP contribution in [0.25, 0.3) is 0 Å². The van der Waals surface area contributed by atoms with E-state index in [-0.39, 0.29) is 0 Å². The minimum absolute atomic E-state index is 0.309. The van der Waals surface area contributed by atoms with Crippen molar-refractivity contribution < 1.29 is 4.79 Å². The highest BCUT2D eigenvalue weighted by molar-refractivity contribution is 5.83. The number of hydrogen-bond acceptors (Lipinski definition) is 2. The lowest BCUT2D eigenvalue weighted by Gasteiger charge is -2.12. The first-order valence-corrected chi connectivity index (χ1v) is 7.31. The maximum absolute atomic E-state index is 12.1. The first kappa shape index (κ1) is 13.3. The quantitative estimate of drug-likeness (QED) is 0.771. The Morgan fingerprint density at radius 2 is 2.06 bits per heavy atom. The van der Waals surface area contributed by atoms with E-state index < -0.39 is 0 Å². The summed E-state index contributed by atoms with van der Waals surface area (Å²) < 4.78 is 2.03. The van der Waals surface area contributed by atoms with Crippen molar-refractivity contribution in [1.82, 2.24) is 9.78 Å². The molecule has 1 aliphatic rings. The number of ketones is 1. The lowest BCUT2D eigenvalue weighted by molar-refractivity contribution is -0.122. The monoisotopic (exact) mass is 248 g/mol. The third kappa shape index (κ3) is 3.01. The molecule has 18 heavy (non-hydrogen) atoms. The van der Waals surface area contributed by atoms with Crippen LogP contribution < -0.4 is 0 Å². The number of Topliss-reactive ketones (excluding diaryl/α,β-unsaturated/α-hetero) is 1. The highest BCUT2D eigenvalue weighted by Crippen LogP contribution is 2.26. The Morgan fingerprint density at radius 1 is 1.39 bits per heavy atom. The molecule has 3 heteroatoms. The molecule has 0 unspecified atom stereocenters. The summed E-state index contributed by atoms with van der Waals surface area (Å²) >= 11 is 0. The maximum Gasteiger partial charge on any atom is 0.141 e. The van der Waals surface area contributed by atoms with E-state index in [4.69, 9.17) is 0 Å². The van der Waals surface area contributed by atoms with E-state index in [1.54, 1.807) is 0 Å². The lowest BCUT2D eigenvalue weighted by Crippen LogP contribution is -2.14. The van der Waals surface area contributed by atoms with Gasteiger partial charge in [0, 0.05) is 12.1 Å². The third-order valence-electron chi connectivity index (χ3n) is 4.15. The molecular formula is C15H24N2O. The number of nitrogens with zero attached hydrogens (tertiary/aromatic N) is 2. The Morgan fingerprint density at radius 3 is 2.67 bits per heavy atom. The van der Waals surface area contributed by atoms with E-state index in [9.17, 15) is 4.79 Å². The van der Waals surface area contributed by atoms with Crippen LogP contribution in [0.4, 0.5) is 0 Å². The predicted molar refractivity (Wildman–Crippen MR) is 72.5 cm³/mol. The average molecular weight is 248 g/mol. The first-order valence-electron chi connectivity index (χ1n) is 7.31. The fourth-order valence-electron chi connectivity index (χ4n) is 2.91. The van der Waals surface area contributed by atoms with Gasteiger partial charge in [0.25, 0.3) is 0 Å². The molecule has 0 amide bonds. The second kappa shape index (κ2) is 6.17. The minimum Gasteiger partial charge on any atom is -0.299 e. The normalized spacial score (nSPS) is 16.6. The van der Waals surface area contributed by atoms with Crippen molar-refractivity contribution in [2.75, 3.05) is 0 Å². The topological polar surface area (TPSA) is 34.9 Å². The molecule has 0 radical (unpaired) electrons. The zero-order chi connectivity index (χ0) is 13.0. The molecule has 0 aromatic carbocycles. The number of carbonyl (C=O) groups is 1. The molecule has 1 aliphatic carbocycles. The van der Waals surface area contributed by atoms with E-state index in [2.05, 4.69) is 18.9 Å². The summed E-state index contributed by atoms with van der Waals surface area (Å²) in [5, 5.41) is 4.56. The summed E-state index contributed by atoms with van der Waals surface area (Å²) in [5.74, 6) is 0.700. The molecule has 0 aliphatic heterocycles. The van der Waals surface area contributed by atoms with Gasteiger partial charge in [-0.1, -0.05) is 26.7 Å². The van der Waals surface area contributed by atoms with Gasteiger partial charge in [0.05, 0.1) is 18.2 Å². The second-order valence-electron chi connectivity index (χ2n) is 5.38. The van der Waals surface area contributed by atoms with Crippen molar-refractivity contribution in [2.45, 2.75) is 64.8 Å². The van der Waals surface area contributed by atoms with Gasteiger partial charge in [-0.05, 0) is 31.7 Å². The molecule has 1 heterocycles. The molecule has 0 N–H and O–H groups in total. The van der Waals surface area contributed by atoms with Crippen LogP contribution in [0.2, 0.25) is 0 Å². The molecule has 1 saturated carbocycles. The SMILES string of the molecule is CCC(CC)n1ccc(CC(=O)C2CCCC2)n1. The van der Waals surface area contributed by atoms with Gasteiger partial charge in [-0.25, -0.2) is 0 Å². The summed E-state index contributed by atoms with van der Waals surface area (Å²) in [5.41, 5.74) is 0.943. The molecule has 0 bridgehead atoms. The summed E-state index contributed by atoms with van der Waals surface area (Å²) in [6.45, 7) is 4.36. The number of hydrogen-bond donors (Lipinski definition) is 0. The van der Waals surface area contributed by atoms with Crippen LogP contribution in [0, 0.1) is 5.92 Å².